The molecule has 0 saturated carbocycles. The molecule has 6 nitrogen and oxygen atoms in total. The Kier molecular flexibility index (Phi) is 4.57. The Bertz CT molecular complexity index is 508. The summed E-state index contributed by atoms with van der Waals surface area (Å²) < 4.78 is 0. The van der Waals surface area contributed by atoms with E-state index in [4.69, 9.17) is 10.9 Å². The molecule has 1 amide bonds. The van der Waals surface area contributed by atoms with Crippen molar-refractivity contribution in [1.82, 2.24) is 9.80 Å². The lowest BCUT2D eigenvalue weighted by molar-refractivity contribution is 0.0643. The van der Waals surface area contributed by atoms with Crippen LogP contribution in [0.5, 0.6) is 0 Å². The molecule has 0 aliphatic carbocycles. The normalized spacial score (nSPS) is 17.2. The molecule has 1 aliphatic rings. The van der Waals surface area contributed by atoms with E-state index in [0.717, 1.165) is 32.7 Å². The average Bonchev–Trinajstić information content (AvgIpc) is 2.53. The molecule has 0 aromatic heterocycles. The summed E-state index contributed by atoms with van der Waals surface area (Å²) in [6.45, 7) is 6.42. The van der Waals surface area contributed by atoms with E-state index in [0.29, 0.717) is 11.1 Å². The van der Waals surface area contributed by atoms with Crippen LogP contribution >= 0.6 is 0 Å². The van der Waals surface area contributed by atoms with Crippen LogP contribution < -0.4 is 5.73 Å². The highest BCUT2D eigenvalue weighted by Gasteiger charge is 2.21. The van der Waals surface area contributed by atoms with Gasteiger partial charge in [0, 0.05) is 37.3 Å². The Labute approximate surface area is 118 Å². The van der Waals surface area contributed by atoms with Crippen LogP contribution in [-0.4, -0.2) is 59.5 Å². The van der Waals surface area contributed by atoms with E-state index in [1.807, 2.05) is 4.90 Å². The summed E-state index contributed by atoms with van der Waals surface area (Å²) in [5.41, 5.74) is 6.66. The Morgan fingerprint density at radius 3 is 2.55 bits per heavy atom. The van der Waals surface area contributed by atoms with Gasteiger partial charge in [-0.05, 0) is 18.7 Å². The lowest BCUT2D eigenvalue weighted by Gasteiger charge is -2.34. The highest BCUT2D eigenvalue weighted by Crippen LogP contribution is 2.11. The van der Waals surface area contributed by atoms with Gasteiger partial charge in [-0.25, -0.2) is 0 Å². The number of oxime groups is 1. The van der Waals surface area contributed by atoms with E-state index >= 15 is 0 Å². The molecule has 1 fully saturated rings. The van der Waals surface area contributed by atoms with Crippen molar-refractivity contribution in [3.63, 3.8) is 0 Å². The first-order valence-corrected chi connectivity index (χ1v) is 6.75. The zero-order chi connectivity index (χ0) is 14.5. The Balaban J connectivity index is 2.10. The second-order valence-corrected chi connectivity index (χ2v) is 4.79. The SMILES string of the molecule is CCN1CCN(C(=O)c2cccc(/C(N)=N/O)c2)CC1. The molecule has 20 heavy (non-hydrogen) atoms. The number of hydrogen-bond donors (Lipinski definition) is 2. The van der Waals surface area contributed by atoms with Gasteiger partial charge in [0.25, 0.3) is 5.91 Å². The van der Waals surface area contributed by atoms with Gasteiger partial charge in [0.1, 0.15) is 0 Å². The topological polar surface area (TPSA) is 82.2 Å². The number of carbonyl (C=O) groups is 1. The summed E-state index contributed by atoms with van der Waals surface area (Å²) >= 11 is 0. The van der Waals surface area contributed by atoms with Gasteiger partial charge in [-0.2, -0.15) is 0 Å². The molecule has 3 N–H and O–H groups in total. The van der Waals surface area contributed by atoms with Crippen LogP contribution in [0.15, 0.2) is 29.4 Å². The van der Waals surface area contributed by atoms with Crippen LogP contribution in [0.1, 0.15) is 22.8 Å². The second kappa shape index (κ2) is 6.38. The average molecular weight is 276 g/mol. The first-order chi connectivity index (χ1) is 9.65. The van der Waals surface area contributed by atoms with Crippen molar-refractivity contribution in [3.05, 3.63) is 35.4 Å². The van der Waals surface area contributed by atoms with Crippen LogP contribution in [0, 0.1) is 0 Å². The summed E-state index contributed by atoms with van der Waals surface area (Å²) in [4.78, 5) is 16.6. The molecule has 1 aliphatic heterocycles. The lowest BCUT2D eigenvalue weighted by Crippen LogP contribution is -2.48. The number of nitrogens with zero attached hydrogens (tertiary/aromatic N) is 3. The van der Waals surface area contributed by atoms with Gasteiger partial charge in [0.2, 0.25) is 0 Å². The van der Waals surface area contributed by atoms with Crippen LogP contribution in [0.3, 0.4) is 0 Å². The van der Waals surface area contributed by atoms with Crippen molar-refractivity contribution in [2.24, 2.45) is 10.9 Å². The number of piperazine rings is 1. The van der Waals surface area contributed by atoms with Gasteiger partial charge in [-0.3, -0.25) is 4.79 Å². The third-order valence-electron chi connectivity index (χ3n) is 3.62. The molecule has 0 bridgehead atoms. The van der Waals surface area contributed by atoms with Crippen molar-refractivity contribution < 1.29 is 10.0 Å². The number of benzene rings is 1. The molecule has 0 spiro atoms. The largest absolute Gasteiger partial charge is 0.409 e. The summed E-state index contributed by atoms with van der Waals surface area (Å²) in [6, 6.07) is 6.86. The Morgan fingerprint density at radius 1 is 1.30 bits per heavy atom. The second-order valence-electron chi connectivity index (χ2n) is 4.79. The number of amides is 1. The molecule has 6 heteroatoms. The van der Waals surface area contributed by atoms with Crippen molar-refractivity contribution >= 4 is 11.7 Å². The minimum absolute atomic E-state index is 0.00616. The standard InChI is InChI=1S/C14H20N4O2/c1-2-17-6-8-18(9-7-17)14(19)12-5-3-4-11(10-12)13(15)16-20/h3-5,10,20H,2,6-9H2,1H3,(H2,15,16). The van der Waals surface area contributed by atoms with Crippen molar-refractivity contribution in [3.8, 4) is 0 Å². The molecule has 1 aromatic rings. The monoisotopic (exact) mass is 276 g/mol. The predicted molar refractivity (Wildman–Crippen MR) is 77.0 cm³/mol. The van der Waals surface area contributed by atoms with Crippen molar-refractivity contribution in [2.45, 2.75) is 6.92 Å². The lowest BCUT2D eigenvalue weighted by atomic mass is 10.1. The quantitative estimate of drug-likeness (QED) is 0.366. The van der Waals surface area contributed by atoms with Gasteiger partial charge in [0.15, 0.2) is 5.84 Å². The fraction of sp³-hybridized carbons (Fsp3) is 0.429. The maximum atomic E-state index is 12.4. The molecule has 0 atom stereocenters. The minimum atomic E-state index is -0.00616. The maximum absolute atomic E-state index is 12.4. The first-order valence-electron chi connectivity index (χ1n) is 6.75. The fourth-order valence-electron chi connectivity index (χ4n) is 2.32. The van der Waals surface area contributed by atoms with Gasteiger partial charge < -0.3 is 20.7 Å². The fourth-order valence-corrected chi connectivity index (χ4v) is 2.32. The molecular formula is C14H20N4O2. The Hall–Kier alpha value is -2.08. The summed E-state index contributed by atoms with van der Waals surface area (Å²) in [5, 5.41) is 11.6. The Morgan fingerprint density at radius 2 is 1.95 bits per heavy atom. The minimum Gasteiger partial charge on any atom is -0.409 e. The van der Waals surface area contributed by atoms with Crippen LogP contribution in [0.4, 0.5) is 0 Å². The summed E-state index contributed by atoms with van der Waals surface area (Å²) in [5.74, 6) is 0.00351. The van der Waals surface area contributed by atoms with Crippen LogP contribution in [0.25, 0.3) is 0 Å². The van der Waals surface area contributed by atoms with E-state index in [1.165, 1.54) is 0 Å². The molecular weight excluding hydrogens is 256 g/mol. The number of hydrogen-bond acceptors (Lipinski definition) is 4. The molecule has 1 saturated heterocycles. The van der Waals surface area contributed by atoms with E-state index in [-0.39, 0.29) is 11.7 Å². The number of rotatable bonds is 3. The first kappa shape index (κ1) is 14.3. The summed E-state index contributed by atoms with van der Waals surface area (Å²) in [7, 11) is 0. The van der Waals surface area contributed by atoms with Crippen LogP contribution in [0.2, 0.25) is 0 Å². The molecule has 1 aromatic carbocycles. The van der Waals surface area contributed by atoms with Crippen molar-refractivity contribution in [1.29, 1.82) is 0 Å². The summed E-state index contributed by atoms with van der Waals surface area (Å²) in [6.07, 6.45) is 0. The predicted octanol–water partition coefficient (Wildman–Crippen LogP) is 0.559. The van der Waals surface area contributed by atoms with Crippen molar-refractivity contribution in [2.75, 3.05) is 32.7 Å². The van der Waals surface area contributed by atoms with E-state index < -0.39 is 0 Å². The van der Waals surface area contributed by atoms with Crippen LogP contribution in [-0.2, 0) is 0 Å². The van der Waals surface area contributed by atoms with Gasteiger partial charge in [-0.1, -0.05) is 24.2 Å². The van der Waals surface area contributed by atoms with E-state index in [1.54, 1.807) is 24.3 Å². The van der Waals surface area contributed by atoms with E-state index in [9.17, 15) is 4.79 Å². The zero-order valence-electron chi connectivity index (χ0n) is 11.6. The van der Waals surface area contributed by atoms with Gasteiger partial charge in [0.05, 0.1) is 0 Å². The highest BCUT2D eigenvalue weighted by molar-refractivity contribution is 6.01. The van der Waals surface area contributed by atoms with E-state index in [2.05, 4.69) is 17.0 Å². The molecule has 108 valence electrons. The van der Waals surface area contributed by atoms with Gasteiger partial charge in [-0.15, -0.1) is 0 Å². The third kappa shape index (κ3) is 3.08. The maximum Gasteiger partial charge on any atom is 0.253 e. The molecule has 1 heterocycles. The number of likely N-dealkylation sites (N-methyl/N-ethyl adjacent to an activating group) is 1. The van der Waals surface area contributed by atoms with Gasteiger partial charge >= 0.3 is 0 Å². The molecule has 0 radical (unpaired) electrons. The number of nitrogens with two attached hydrogens (primary N) is 1. The third-order valence-corrected chi connectivity index (χ3v) is 3.62. The molecule has 2 rings (SSSR count). The zero-order valence-corrected chi connectivity index (χ0v) is 11.6. The number of carbonyl (C=O) groups excluding carboxylic acids is 1. The highest BCUT2D eigenvalue weighted by atomic mass is 16.4. The smallest absolute Gasteiger partial charge is 0.253 e. The molecule has 0 unspecified atom stereocenters. The number of amidine groups is 1.